The van der Waals surface area contributed by atoms with E-state index in [0.29, 0.717) is 16.7 Å². The summed E-state index contributed by atoms with van der Waals surface area (Å²) in [5.74, 6) is 0. The molecule has 0 bridgehead atoms. The van der Waals surface area contributed by atoms with Crippen LogP contribution in [0.3, 0.4) is 0 Å². The number of nitrogens with zero attached hydrogens (tertiary/aromatic N) is 4. The molecule has 5 heteroatoms. The van der Waals surface area contributed by atoms with Gasteiger partial charge in [0, 0.05) is 6.04 Å². The van der Waals surface area contributed by atoms with Gasteiger partial charge >= 0.3 is 0 Å². The summed E-state index contributed by atoms with van der Waals surface area (Å²) >= 11 is 5.97. The van der Waals surface area contributed by atoms with Gasteiger partial charge in [-0.2, -0.15) is 0 Å². The molecule has 2 aromatic heterocycles. The summed E-state index contributed by atoms with van der Waals surface area (Å²) < 4.78 is 2.08. The first-order valence-electron chi connectivity index (χ1n) is 6.07. The molecule has 0 aromatic carbocycles. The molecular weight excluding hydrogens is 236 g/mol. The van der Waals surface area contributed by atoms with Crippen LogP contribution < -0.4 is 0 Å². The lowest BCUT2D eigenvalue weighted by Gasteiger charge is -2.13. The van der Waals surface area contributed by atoms with Crippen molar-refractivity contribution in [2.75, 3.05) is 0 Å². The Bertz CT molecular complexity index is 494. The number of aromatic nitrogens is 4. The van der Waals surface area contributed by atoms with Gasteiger partial charge in [0.1, 0.15) is 11.8 Å². The average Bonchev–Trinajstić information content (AvgIpc) is 2.74. The summed E-state index contributed by atoms with van der Waals surface area (Å²) in [7, 11) is 0. The van der Waals surface area contributed by atoms with Crippen molar-refractivity contribution in [3.8, 4) is 0 Å². The van der Waals surface area contributed by atoms with Gasteiger partial charge in [-0.05, 0) is 13.3 Å². The molecule has 0 aliphatic rings. The minimum absolute atomic E-state index is 0.400. The van der Waals surface area contributed by atoms with Gasteiger partial charge in [0.15, 0.2) is 10.8 Å². The Morgan fingerprint density at radius 2 is 2.12 bits per heavy atom. The smallest absolute Gasteiger partial charge is 0.165 e. The minimum atomic E-state index is 0.400. The molecule has 0 saturated heterocycles. The maximum Gasteiger partial charge on any atom is 0.165 e. The second-order valence-corrected chi connectivity index (χ2v) is 4.69. The van der Waals surface area contributed by atoms with E-state index >= 15 is 0 Å². The summed E-state index contributed by atoms with van der Waals surface area (Å²) in [5, 5.41) is 0.425. The zero-order valence-corrected chi connectivity index (χ0v) is 11.0. The maximum atomic E-state index is 5.97. The fourth-order valence-corrected chi connectivity index (χ4v) is 2.15. The fraction of sp³-hybridized carbons (Fsp3) is 0.583. The molecule has 1 unspecified atom stereocenters. The van der Waals surface area contributed by atoms with Gasteiger partial charge in [-0.15, -0.1) is 0 Å². The van der Waals surface area contributed by atoms with Crippen LogP contribution in [0.25, 0.3) is 11.2 Å². The Kier molecular flexibility index (Phi) is 3.94. The first-order valence-corrected chi connectivity index (χ1v) is 6.45. The Balaban J connectivity index is 2.21. The summed E-state index contributed by atoms with van der Waals surface area (Å²) in [6, 6.07) is 0.400. The van der Waals surface area contributed by atoms with Gasteiger partial charge in [0.2, 0.25) is 0 Å². The van der Waals surface area contributed by atoms with Crippen LogP contribution in [0.4, 0.5) is 0 Å². The molecule has 4 nitrogen and oxygen atoms in total. The second kappa shape index (κ2) is 5.45. The van der Waals surface area contributed by atoms with Crippen molar-refractivity contribution in [1.29, 1.82) is 0 Å². The third kappa shape index (κ3) is 2.57. The highest BCUT2D eigenvalue weighted by Gasteiger charge is 2.12. The quantitative estimate of drug-likeness (QED) is 0.603. The predicted octanol–water partition coefficient (Wildman–Crippen LogP) is 3.62. The van der Waals surface area contributed by atoms with Crippen LogP contribution in [0.5, 0.6) is 0 Å². The number of rotatable bonds is 5. The molecule has 0 aliphatic heterocycles. The van der Waals surface area contributed by atoms with Crippen LogP contribution in [-0.2, 0) is 0 Å². The van der Waals surface area contributed by atoms with Crippen LogP contribution in [0, 0.1) is 0 Å². The highest BCUT2D eigenvalue weighted by Crippen LogP contribution is 2.23. The SMILES string of the molecule is CCCCCC(C)n1cnc2c(Cl)ncnc21. The standard InChI is InChI=1S/C12H17ClN4/c1-3-4-5-6-9(2)17-8-16-10-11(13)14-7-15-12(10)17/h7-9H,3-6H2,1-2H3. The fourth-order valence-electron chi connectivity index (χ4n) is 1.97. The third-order valence-corrected chi connectivity index (χ3v) is 3.29. The van der Waals surface area contributed by atoms with E-state index in [1.165, 1.54) is 25.6 Å². The molecule has 0 amide bonds. The van der Waals surface area contributed by atoms with Gasteiger partial charge in [-0.3, -0.25) is 0 Å². The summed E-state index contributed by atoms with van der Waals surface area (Å²) in [6.45, 7) is 4.40. The van der Waals surface area contributed by atoms with E-state index in [9.17, 15) is 0 Å². The summed E-state index contributed by atoms with van der Waals surface area (Å²) in [5.41, 5.74) is 1.52. The molecule has 0 radical (unpaired) electrons. The van der Waals surface area contributed by atoms with Crippen molar-refractivity contribution in [2.45, 2.75) is 45.6 Å². The molecule has 0 fully saturated rings. The Hall–Kier alpha value is -1.16. The highest BCUT2D eigenvalue weighted by molar-refractivity contribution is 6.33. The van der Waals surface area contributed by atoms with E-state index < -0.39 is 0 Å². The minimum Gasteiger partial charge on any atom is -0.312 e. The normalized spacial score (nSPS) is 13.1. The molecule has 2 aromatic rings. The lowest BCUT2D eigenvalue weighted by atomic mass is 10.1. The average molecular weight is 253 g/mol. The lowest BCUT2D eigenvalue weighted by molar-refractivity contribution is 0.484. The van der Waals surface area contributed by atoms with Crippen molar-refractivity contribution in [2.24, 2.45) is 0 Å². The molecule has 0 aliphatic carbocycles. The van der Waals surface area contributed by atoms with Crippen molar-refractivity contribution in [1.82, 2.24) is 19.5 Å². The van der Waals surface area contributed by atoms with Crippen molar-refractivity contribution in [3.63, 3.8) is 0 Å². The van der Waals surface area contributed by atoms with Crippen LogP contribution in [-0.4, -0.2) is 19.5 Å². The largest absolute Gasteiger partial charge is 0.312 e. The van der Waals surface area contributed by atoms with Crippen LogP contribution >= 0.6 is 11.6 Å². The van der Waals surface area contributed by atoms with Gasteiger partial charge < -0.3 is 4.57 Å². The molecule has 0 spiro atoms. The van der Waals surface area contributed by atoms with E-state index in [1.54, 1.807) is 0 Å². The van der Waals surface area contributed by atoms with E-state index in [0.717, 1.165) is 12.1 Å². The number of hydrogen-bond acceptors (Lipinski definition) is 3. The van der Waals surface area contributed by atoms with E-state index in [-0.39, 0.29) is 0 Å². The van der Waals surface area contributed by atoms with Gasteiger partial charge in [-0.25, -0.2) is 15.0 Å². The van der Waals surface area contributed by atoms with Crippen molar-refractivity contribution >= 4 is 22.8 Å². The number of hydrogen-bond donors (Lipinski definition) is 0. The van der Waals surface area contributed by atoms with Crippen LogP contribution in [0.2, 0.25) is 5.15 Å². The maximum absolute atomic E-state index is 5.97. The molecule has 0 N–H and O–H groups in total. The molecule has 92 valence electrons. The molecule has 0 saturated carbocycles. The molecule has 2 rings (SSSR count). The number of fused-ring (bicyclic) bond motifs is 1. The van der Waals surface area contributed by atoms with Gasteiger partial charge in [0.25, 0.3) is 0 Å². The predicted molar refractivity (Wildman–Crippen MR) is 69.2 cm³/mol. The zero-order valence-electron chi connectivity index (χ0n) is 10.2. The lowest BCUT2D eigenvalue weighted by Crippen LogP contribution is -2.04. The van der Waals surface area contributed by atoms with Gasteiger partial charge in [-0.1, -0.05) is 37.8 Å². The topological polar surface area (TPSA) is 43.6 Å². The van der Waals surface area contributed by atoms with Crippen LogP contribution in [0.1, 0.15) is 45.6 Å². The molecule has 1 atom stereocenters. The molecule has 17 heavy (non-hydrogen) atoms. The summed E-state index contributed by atoms with van der Waals surface area (Å²) in [6.07, 6.45) is 8.18. The Morgan fingerprint density at radius 1 is 1.29 bits per heavy atom. The van der Waals surface area contributed by atoms with Gasteiger partial charge in [0.05, 0.1) is 6.33 Å². The number of imidazole rings is 1. The summed E-state index contributed by atoms with van der Waals surface area (Å²) in [4.78, 5) is 12.5. The van der Waals surface area contributed by atoms with E-state index in [4.69, 9.17) is 11.6 Å². The van der Waals surface area contributed by atoms with E-state index in [2.05, 4.69) is 33.4 Å². The second-order valence-electron chi connectivity index (χ2n) is 4.33. The Morgan fingerprint density at radius 3 is 2.88 bits per heavy atom. The zero-order chi connectivity index (χ0) is 12.3. The Labute approximate surface area is 106 Å². The monoisotopic (exact) mass is 252 g/mol. The van der Waals surface area contributed by atoms with Crippen molar-refractivity contribution < 1.29 is 0 Å². The molecular formula is C12H17ClN4. The first kappa shape index (κ1) is 12.3. The van der Waals surface area contributed by atoms with Crippen LogP contribution in [0.15, 0.2) is 12.7 Å². The highest BCUT2D eigenvalue weighted by atomic mass is 35.5. The molecule has 2 heterocycles. The van der Waals surface area contributed by atoms with Crippen molar-refractivity contribution in [3.05, 3.63) is 17.8 Å². The first-order chi connectivity index (χ1) is 8.24. The third-order valence-electron chi connectivity index (χ3n) is 3.01. The number of halogens is 1. The number of unbranched alkanes of at least 4 members (excludes halogenated alkanes) is 2. The van der Waals surface area contributed by atoms with E-state index in [1.807, 2.05) is 6.33 Å².